The van der Waals surface area contributed by atoms with Crippen LogP contribution in [0.25, 0.3) is 0 Å². The van der Waals surface area contributed by atoms with Crippen molar-refractivity contribution in [1.29, 1.82) is 0 Å². The van der Waals surface area contributed by atoms with Crippen molar-refractivity contribution >= 4 is 29.4 Å². The predicted octanol–water partition coefficient (Wildman–Crippen LogP) is 2.74. The molecule has 5 nitrogen and oxygen atoms in total. The zero-order valence-electron chi connectivity index (χ0n) is 11.5. The third-order valence-electron chi connectivity index (χ3n) is 3.09. The maximum atomic E-state index is 12.2. The molecule has 1 aromatic carbocycles. The molecule has 0 saturated carbocycles. The van der Waals surface area contributed by atoms with Crippen molar-refractivity contribution in [2.75, 3.05) is 18.4 Å². The predicted molar refractivity (Wildman–Crippen MR) is 80.5 cm³/mol. The van der Waals surface area contributed by atoms with E-state index in [1.165, 1.54) is 12.1 Å². The summed E-state index contributed by atoms with van der Waals surface area (Å²) in [5.74, 6) is -0.974. The van der Waals surface area contributed by atoms with E-state index in [4.69, 9.17) is 5.11 Å². The number of carbonyl (C=O) groups excluding carboxylic acids is 1. The minimum absolute atomic E-state index is 0.132. The third kappa shape index (κ3) is 3.66. The molecule has 1 fully saturated rings. The number of carboxylic acids is 1. The van der Waals surface area contributed by atoms with Crippen molar-refractivity contribution in [3.8, 4) is 0 Å². The van der Waals surface area contributed by atoms with Crippen LogP contribution in [0.3, 0.4) is 0 Å². The Labute approximate surface area is 122 Å². The molecule has 1 saturated heterocycles. The Morgan fingerprint density at radius 1 is 1.20 bits per heavy atom. The number of hydrogen-bond donors (Lipinski definition) is 2. The van der Waals surface area contributed by atoms with E-state index in [0.29, 0.717) is 16.2 Å². The Kier molecular flexibility index (Phi) is 4.54. The largest absolute Gasteiger partial charge is 0.478 e. The molecule has 20 heavy (non-hydrogen) atoms. The molecule has 0 aromatic heterocycles. The molecule has 0 spiro atoms. The lowest BCUT2D eigenvalue weighted by atomic mass is 10.2. The molecule has 1 heterocycles. The second-order valence-corrected chi connectivity index (χ2v) is 6.86. The van der Waals surface area contributed by atoms with Crippen LogP contribution in [0.15, 0.2) is 24.3 Å². The van der Waals surface area contributed by atoms with E-state index in [1.807, 2.05) is 11.8 Å². The molecule has 2 amide bonds. The summed E-state index contributed by atoms with van der Waals surface area (Å²) in [4.78, 5) is 24.7. The number of amides is 2. The molecular weight excluding hydrogens is 276 g/mol. The van der Waals surface area contributed by atoms with Crippen LogP contribution in [0.5, 0.6) is 0 Å². The molecule has 2 rings (SSSR count). The highest BCUT2D eigenvalue weighted by molar-refractivity contribution is 8.00. The number of carbonyl (C=O) groups is 2. The summed E-state index contributed by atoms with van der Waals surface area (Å²) >= 11 is 1.89. The Balaban J connectivity index is 1.98. The summed E-state index contributed by atoms with van der Waals surface area (Å²) in [5, 5.41) is 12.5. The first-order valence-corrected chi connectivity index (χ1v) is 7.44. The van der Waals surface area contributed by atoms with E-state index in [0.717, 1.165) is 13.1 Å². The Hall–Kier alpha value is -1.69. The smallest absolute Gasteiger partial charge is 0.335 e. The van der Waals surface area contributed by atoms with Gasteiger partial charge < -0.3 is 15.3 Å². The maximum absolute atomic E-state index is 12.2. The standard InChI is InChI=1S/C14H18N2O3S/c1-9-7-16(8-10(2)20-9)14(19)15-12-5-3-11(4-6-12)13(17)18/h3-6,9-10H,7-8H2,1-2H3,(H,15,19)(H,17,18). The monoisotopic (exact) mass is 294 g/mol. The van der Waals surface area contributed by atoms with E-state index in [9.17, 15) is 9.59 Å². The first-order valence-electron chi connectivity index (χ1n) is 6.50. The van der Waals surface area contributed by atoms with E-state index in [-0.39, 0.29) is 11.6 Å². The van der Waals surface area contributed by atoms with Crippen LogP contribution < -0.4 is 5.32 Å². The molecule has 6 heteroatoms. The molecule has 2 unspecified atom stereocenters. The van der Waals surface area contributed by atoms with Gasteiger partial charge in [-0.05, 0) is 24.3 Å². The van der Waals surface area contributed by atoms with E-state index >= 15 is 0 Å². The van der Waals surface area contributed by atoms with Gasteiger partial charge >= 0.3 is 12.0 Å². The van der Waals surface area contributed by atoms with Gasteiger partial charge in [-0.25, -0.2) is 9.59 Å². The lowest BCUT2D eigenvalue weighted by molar-refractivity contribution is 0.0697. The van der Waals surface area contributed by atoms with Gasteiger partial charge in [0.15, 0.2) is 0 Å². The third-order valence-corrected chi connectivity index (χ3v) is 4.32. The molecule has 1 aliphatic heterocycles. The average Bonchev–Trinajstić information content (AvgIpc) is 2.38. The van der Waals surface area contributed by atoms with Crippen LogP contribution in [-0.2, 0) is 0 Å². The van der Waals surface area contributed by atoms with Crippen molar-refractivity contribution in [1.82, 2.24) is 4.90 Å². The highest BCUT2D eigenvalue weighted by Gasteiger charge is 2.25. The molecule has 1 aliphatic rings. The maximum Gasteiger partial charge on any atom is 0.335 e. The topological polar surface area (TPSA) is 69.6 Å². The summed E-state index contributed by atoms with van der Waals surface area (Å²) in [6.07, 6.45) is 0. The number of benzene rings is 1. The van der Waals surface area contributed by atoms with Crippen molar-refractivity contribution < 1.29 is 14.7 Å². The molecule has 0 aliphatic carbocycles. The van der Waals surface area contributed by atoms with Gasteiger partial charge in [0.1, 0.15) is 0 Å². The van der Waals surface area contributed by atoms with Gasteiger partial charge in [0.05, 0.1) is 5.56 Å². The summed E-state index contributed by atoms with van der Waals surface area (Å²) in [6, 6.07) is 6.04. The van der Waals surface area contributed by atoms with Crippen molar-refractivity contribution in [2.45, 2.75) is 24.3 Å². The Bertz CT molecular complexity index is 494. The number of aromatic carboxylic acids is 1. The fraction of sp³-hybridized carbons (Fsp3) is 0.429. The second-order valence-electron chi connectivity index (χ2n) is 4.97. The molecule has 0 bridgehead atoms. The Morgan fingerprint density at radius 3 is 2.25 bits per heavy atom. The van der Waals surface area contributed by atoms with Crippen LogP contribution in [0.2, 0.25) is 0 Å². The molecule has 0 radical (unpaired) electrons. The lowest BCUT2D eigenvalue weighted by Crippen LogP contribution is -2.45. The molecule has 2 atom stereocenters. The number of nitrogens with one attached hydrogen (secondary N) is 1. The number of hydrogen-bond acceptors (Lipinski definition) is 3. The first kappa shape index (κ1) is 14.7. The van der Waals surface area contributed by atoms with Crippen LogP contribution in [0, 0.1) is 0 Å². The number of rotatable bonds is 2. The van der Waals surface area contributed by atoms with Crippen LogP contribution in [0.4, 0.5) is 10.5 Å². The number of carboxylic acid groups (broad SMARTS) is 1. The number of anilines is 1. The normalized spacial score (nSPS) is 22.4. The molecule has 108 valence electrons. The minimum atomic E-state index is -0.974. The summed E-state index contributed by atoms with van der Waals surface area (Å²) in [5.41, 5.74) is 0.818. The zero-order chi connectivity index (χ0) is 14.7. The van der Waals surface area contributed by atoms with Gasteiger partial charge in [-0.2, -0.15) is 11.8 Å². The molecule has 1 aromatic rings. The average molecular weight is 294 g/mol. The molecule has 2 N–H and O–H groups in total. The van der Waals surface area contributed by atoms with Crippen LogP contribution >= 0.6 is 11.8 Å². The van der Waals surface area contributed by atoms with Crippen molar-refractivity contribution in [2.24, 2.45) is 0 Å². The second kappa shape index (κ2) is 6.17. The lowest BCUT2D eigenvalue weighted by Gasteiger charge is -2.34. The summed E-state index contributed by atoms with van der Waals surface area (Å²) < 4.78 is 0. The molecular formula is C14H18N2O3S. The fourth-order valence-electron chi connectivity index (χ4n) is 2.24. The van der Waals surface area contributed by atoms with Gasteiger partial charge in [-0.1, -0.05) is 13.8 Å². The van der Waals surface area contributed by atoms with Gasteiger partial charge in [0.25, 0.3) is 0 Å². The highest BCUT2D eigenvalue weighted by Crippen LogP contribution is 2.25. The van der Waals surface area contributed by atoms with Crippen LogP contribution in [-0.4, -0.2) is 45.6 Å². The summed E-state index contributed by atoms with van der Waals surface area (Å²) in [7, 11) is 0. The fourth-order valence-corrected chi connectivity index (χ4v) is 3.57. The quantitative estimate of drug-likeness (QED) is 0.880. The van der Waals surface area contributed by atoms with Gasteiger partial charge in [-0.3, -0.25) is 0 Å². The van der Waals surface area contributed by atoms with E-state index in [2.05, 4.69) is 19.2 Å². The Morgan fingerprint density at radius 2 is 1.75 bits per heavy atom. The minimum Gasteiger partial charge on any atom is -0.478 e. The van der Waals surface area contributed by atoms with Gasteiger partial charge in [0.2, 0.25) is 0 Å². The van der Waals surface area contributed by atoms with Gasteiger partial charge in [0, 0.05) is 29.3 Å². The summed E-state index contributed by atoms with van der Waals surface area (Å²) in [6.45, 7) is 5.69. The number of urea groups is 1. The number of nitrogens with zero attached hydrogens (tertiary/aromatic N) is 1. The van der Waals surface area contributed by atoms with E-state index in [1.54, 1.807) is 17.0 Å². The van der Waals surface area contributed by atoms with Crippen molar-refractivity contribution in [3.63, 3.8) is 0 Å². The zero-order valence-corrected chi connectivity index (χ0v) is 12.3. The highest BCUT2D eigenvalue weighted by atomic mass is 32.2. The van der Waals surface area contributed by atoms with E-state index < -0.39 is 5.97 Å². The first-order chi connectivity index (χ1) is 9.45. The SMILES string of the molecule is CC1CN(C(=O)Nc2ccc(C(=O)O)cc2)CC(C)S1. The van der Waals surface area contributed by atoms with Crippen molar-refractivity contribution in [3.05, 3.63) is 29.8 Å². The van der Waals surface area contributed by atoms with Gasteiger partial charge in [-0.15, -0.1) is 0 Å². The van der Waals surface area contributed by atoms with Crippen LogP contribution in [0.1, 0.15) is 24.2 Å². The number of thioether (sulfide) groups is 1.